The number of rotatable bonds is 4. The van der Waals surface area contributed by atoms with Crippen molar-refractivity contribution >= 4 is 48.6 Å². The third-order valence-electron chi connectivity index (χ3n) is 9.56. The number of ether oxygens (including phenoxy) is 2. The van der Waals surface area contributed by atoms with Crippen LogP contribution in [0.2, 0.25) is 0 Å². The molecule has 0 N–H and O–H groups in total. The molecule has 3 nitrogen and oxygen atoms in total. The van der Waals surface area contributed by atoms with Crippen molar-refractivity contribution in [2.24, 2.45) is 0 Å². The van der Waals surface area contributed by atoms with Crippen LogP contribution >= 0.6 is 11.3 Å². The molecule has 0 bridgehead atoms. The van der Waals surface area contributed by atoms with E-state index in [4.69, 9.17) is 9.47 Å². The molecule has 0 saturated heterocycles. The van der Waals surface area contributed by atoms with Crippen molar-refractivity contribution in [3.63, 3.8) is 0 Å². The Labute approximate surface area is 276 Å². The van der Waals surface area contributed by atoms with Crippen molar-refractivity contribution in [2.75, 3.05) is 4.90 Å². The molecule has 4 heteroatoms. The predicted octanol–water partition coefficient (Wildman–Crippen LogP) is 12.1. The van der Waals surface area contributed by atoms with Crippen molar-refractivity contribution in [1.29, 1.82) is 0 Å². The highest BCUT2D eigenvalue weighted by molar-refractivity contribution is 7.25. The molecule has 7 aromatic carbocycles. The number of anilines is 3. The van der Waals surface area contributed by atoms with Gasteiger partial charge in [-0.2, -0.15) is 0 Å². The lowest BCUT2D eigenvalue weighted by molar-refractivity contribution is 0.385. The maximum atomic E-state index is 6.85. The van der Waals surface area contributed by atoms with Crippen molar-refractivity contribution < 1.29 is 9.47 Å². The summed E-state index contributed by atoms with van der Waals surface area (Å²) < 4.78 is 16.0. The number of hydrogen-bond acceptors (Lipinski definition) is 4. The maximum absolute atomic E-state index is 6.85. The minimum Gasteiger partial charge on any atom is -0.457 e. The van der Waals surface area contributed by atoms with Crippen LogP contribution in [0, 0.1) is 0 Å². The van der Waals surface area contributed by atoms with Gasteiger partial charge < -0.3 is 14.4 Å². The van der Waals surface area contributed by atoms with E-state index in [0.29, 0.717) is 0 Å². The molecule has 0 amide bonds. The zero-order chi connectivity index (χ0) is 31.0. The van der Waals surface area contributed by atoms with Crippen LogP contribution in [0.3, 0.4) is 0 Å². The van der Waals surface area contributed by atoms with E-state index in [2.05, 4.69) is 157 Å². The van der Waals surface area contributed by atoms with Crippen LogP contribution in [0.4, 0.5) is 17.1 Å². The summed E-state index contributed by atoms with van der Waals surface area (Å²) in [5.41, 5.74) is 7.02. The lowest BCUT2D eigenvalue weighted by atomic mass is 9.62. The van der Waals surface area contributed by atoms with E-state index in [9.17, 15) is 0 Å². The lowest BCUT2D eigenvalue weighted by Gasteiger charge is -2.45. The number of fused-ring (bicyclic) bond motifs is 7. The Bertz CT molecular complexity index is 2490. The summed E-state index contributed by atoms with van der Waals surface area (Å²) in [6, 6.07) is 58.0. The molecule has 0 fully saturated rings. The number of nitrogens with zero attached hydrogens (tertiary/aromatic N) is 1. The second-order valence-electron chi connectivity index (χ2n) is 12.1. The zero-order valence-electron chi connectivity index (χ0n) is 25.3. The van der Waals surface area contributed by atoms with E-state index < -0.39 is 5.41 Å². The molecule has 2 aliphatic heterocycles. The highest BCUT2D eigenvalue weighted by Gasteiger charge is 2.51. The number of hydrogen-bond donors (Lipinski definition) is 0. The van der Waals surface area contributed by atoms with Crippen LogP contribution in [0.15, 0.2) is 164 Å². The van der Waals surface area contributed by atoms with Crippen LogP contribution in [-0.2, 0) is 5.41 Å². The summed E-state index contributed by atoms with van der Waals surface area (Å²) >= 11 is 1.84. The summed E-state index contributed by atoms with van der Waals surface area (Å²) in [6.45, 7) is 0. The van der Waals surface area contributed by atoms with Crippen LogP contribution in [0.5, 0.6) is 23.0 Å². The molecule has 0 aliphatic carbocycles. The van der Waals surface area contributed by atoms with Gasteiger partial charge in [-0.25, -0.2) is 0 Å². The molecule has 47 heavy (non-hydrogen) atoms. The molecule has 222 valence electrons. The molecule has 0 saturated carbocycles. The maximum Gasteiger partial charge on any atom is 0.135 e. The van der Waals surface area contributed by atoms with Crippen molar-refractivity contribution in [2.45, 2.75) is 5.41 Å². The third kappa shape index (κ3) is 3.79. The third-order valence-corrected chi connectivity index (χ3v) is 10.7. The van der Waals surface area contributed by atoms with Gasteiger partial charge in [-0.3, -0.25) is 0 Å². The topological polar surface area (TPSA) is 21.7 Å². The van der Waals surface area contributed by atoms with Crippen LogP contribution in [0.25, 0.3) is 20.2 Å². The Morgan fingerprint density at radius 2 is 1.04 bits per heavy atom. The van der Waals surface area contributed by atoms with E-state index in [1.54, 1.807) is 0 Å². The normalized spacial score (nSPS) is 15.7. The first-order valence-corrected chi connectivity index (χ1v) is 16.7. The van der Waals surface area contributed by atoms with Crippen molar-refractivity contribution in [1.82, 2.24) is 0 Å². The summed E-state index contributed by atoms with van der Waals surface area (Å²) in [7, 11) is 0. The van der Waals surface area contributed by atoms with Crippen molar-refractivity contribution in [3.8, 4) is 23.0 Å². The van der Waals surface area contributed by atoms with E-state index in [-0.39, 0.29) is 0 Å². The van der Waals surface area contributed by atoms with Gasteiger partial charge in [0.05, 0.1) is 11.0 Å². The predicted molar refractivity (Wildman–Crippen MR) is 192 cm³/mol. The van der Waals surface area contributed by atoms with Gasteiger partial charge in [-0.05, 0) is 60.2 Å². The van der Waals surface area contributed by atoms with Crippen LogP contribution in [0.1, 0.15) is 22.3 Å². The highest BCUT2D eigenvalue weighted by Crippen LogP contribution is 2.63. The molecule has 0 spiro atoms. The molecule has 0 radical (unpaired) electrons. The minimum absolute atomic E-state index is 0.609. The quantitative estimate of drug-likeness (QED) is 0.195. The van der Waals surface area contributed by atoms with Gasteiger partial charge in [0, 0.05) is 54.4 Å². The lowest BCUT2D eigenvalue weighted by Crippen LogP contribution is -2.37. The van der Waals surface area contributed by atoms with Gasteiger partial charge in [0.25, 0.3) is 0 Å². The fourth-order valence-corrected chi connectivity index (χ4v) is 8.77. The largest absolute Gasteiger partial charge is 0.457 e. The Kier molecular flexibility index (Phi) is 5.66. The van der Waals surface area contributed by atoms with Gasteiger partial charge in [0.15, 0.2) is 0 Å². The molecule has 1 atom stereocenters. The first kappa shape index (κ1) is 26.4. The standard InChI is InChI=1S/C43H27NO2S/c1-3-12-28(13-4-1)43-34-17-8-9-18-36(34)45-37-19-11-20-38(42(37)43)46-39-26-30(23-25-35(39)43)44(29-14-5-2-6-15-29)31-22-24-33-32-16-7-10-21-40(32)47-41(33)27-31/h1-27H. The zero-order valence-corrected chi connectivity index (χ0v) is 26.1. The van der Waals surface area contributed by atoms with Gasteiger partial charge in [-0.15, -0.1) is 11.3 Å². The molecule has 2 aliphatic rings. The Morgan fingerprint density at radius 1 is 0.426 bits per heavy atom. The smallest absolute Gasteiger partial charge is 0.135 e. The summed E-state index contributed by atoms with van der Waals surface area (Å²) in [5, 5.41) is 2.58. The molecular weight excluding hydrogens is 595 g/mol. The number of para-hydroxylation sites is 2. The first-order chi connectivity index (χ1) is 23.3. The van der Waals surface area contributed by atoms with Gasteiger partial charge in [0.2, 0.25) is 0 Å². The SMILES string of the molecule is c1ccc(N(c2ccc3c(c2)Oc2cccc4c2C3(c2ccccc2)c2ccccc2O4)c2ccc3c(c2)sc2ccccc23)cc1. The van der Waals surface area contributed by atoms with Crippen LogP contribution in [-0.4, -0.2) is 0 Å². The first-order valence-electron chi connectivity index (χ1n) is 15.8. The Balaban J connectivity index is 1.22. The number of thiophene rings is 1. The minimum atomic E-state index is -0.609. The van der Waals surface area contributed by atoms with E-state index in [1.807, 2.05) is 23.5 Å². The molecule has 1 aromatic heterocycles. The summed E-state index contributed by atoms with van der Waals surface area (Å²) in [6.07, 6.45) is 0. The monoisotopic (exact) mass is 621 g/mol. The average molecular weight is 622 g/mol. The fourth-order valence-electron chi connectivity index (χ4n) is 7.63. The fraction of sp³-hybridized carbons (Fsp3) is 0.0233. The van der Waals surface area contributed by atoms with E-state index >= 15 is 0 Å². The average Bonchev–Trinajstić information content (AvgIpc) is 3.50. The van der Waals surface area contributed by atoms with Gasteiger partial charge in [0.1, 0.15) is 23.0 Å². The molecule has 10 rings (SSSR count). The summed E-state index contributed by atoms with van der Waals surface area (Å²) in [4.78, 5) is 2.33. The van der Waals surface area contributed by atoms with Crippen LogP contribution < -0.4 is 14.4 Å². The molecule has 1 unspecified atom stereocenters. The molecular formula is C43H27NO2S. The molecule has 3 heterocycles. The highest BCUT2D eigenvalue weighted by atomic mass is 32.1. The van der Waals surface area contributed by atoms with Crippen molar-refractivity contribution in [3.05, 3.63) is 186 Å². The second kappa shape index (κ2) is 10.1. The summed E-state index contributed by atoms with van der Waals surface area (Å²) in [5.74, 6) is 3.32. The number of benzene rings is 7. The Morgan fingerprint density at radius 3 is 1.89 bits per heavy atom. The van der Waals surface area contributed by atoms with E-state index in [0.717, 1.165) is 56.8 Å². The second-order valence-corrected chi connectivity index (χ2v) is 13.2. The molecule has 8 aromatic rings. The van der Waals surface area contributed by atoms with E-state index in [1.165, 1.54) is 25.7 Å². The van der Waals surface area contributed by atoms with Gasteiger partial charge >= 0.3 is 0 Å². The van der Waals surface area contributed by atoms with Gasteiger partial charge in [-0.1, -0.05) is 103 Å². The Hall–Kier alpha value is -5.84.